The SMILES string of the molecule is Cc1ccc(-c2ccccc2O)c(SCl)c1.OCI. The number of aryl methyl sites for hydroxylation is 1. The third kappa shape index (κ3) is 4.87. The number of benzene rings is 2. The van der Waals surface area contributed by atoms with Crippen LogP contribution in [0.2, 0.25) is 0 Å². The molecule has 0 aromatic heterocycles. The van der Waals surface area contributed by atoms with Crippen molar-refractivity contribution in [2.45, 2.75) is 11.8 Å². The molecular weight excluding hydrogens is 395 g/mol. The van der Waals surface area contributed by atoms with Crippen LogP contribution in [0.25, 0.3) is 11.1 Å². The minimum absolute atomic E-state index is 0.220. The van der Waals surface area contributed by atoms with Crippen LogP contribution < -0.4 is 0 Å². The average molecular weight is 409 g/mol. The number of phenolic OH excluding ortho intramolecular Hbond substituents is 1. The minimum atomic E-state index is 0.220. The highest BCUT2D eigenvalue weighted by Crippen LogP contribution is 2.37. The highest BCUT2D eigenvalue weighted by atomic mass is 127. The number of alkyl halides is 1. The molecule has 2 aromatic carbocycles. The second-order valence-corrected chi connectivity index (χ2v) is 5.45. The van der Waals surface area contributed by atoms with E-state index >= 15 is 0 Å². The van der Waals surface area contributed by atoms with Crippen molar-refractivity contribution in [2.75, 3.05) is 4.61 Å². The van der Waals surface area contributed by atoms with Crippen molar-refractivity contribution in [3.63, 3.8) is 0 Å². The Hall–Kier alpha value is -0.430. The molecule has 0 aliphatic heterocycles. The first-order chi connectivity index (χ1) is 9.13. The maximum atomic E-state index is 9.80. The third-order valence-corrected chi connectivity index (χ3v) is 3.42. The molecule has 2 nitrogen and oxygen atoms in total. The largest absolute Gasteiger partial charge is 0.507 e. The second-order valence-electron chi connectivity index (χ2n) is 3.71. The zero-order valence-corrected chi connectivity index (χ0v) is 14.0. The van der Waals surface area contributed by atoms with E-state index in [4.69, 9.17) is 15.8 Å². The number of hydrogen-bond acceptors (Lipinski definition) is 3. The molecule has 0 saturated carbocycles. The van der Waals surface area contributed by atoms with Gasteiger partial charge in [0.15, 0.2) is 0 Å². The molecule has 0 fully saturated rings. The van der Waals surface area contributed by atoms with Gasteiger partial charge in [0.05, 0.1) is 4.61 Å². The van der Waals surface area contributed by atoms with Gasteiger partial charge in [0, 0.05) is 16.0 Å². The maximum Gasteiger partial charge on any atom is 0.123 e. The van der Waals surface area contributed by atoms with E-state index in [0.717, 1.165) is 21.6 Å². The van der Waals surface area contributed by atoms with E-state index in [1.807, 2.05) is 59.8 Å². The summed E-state index contributed by atoms with van der Waals surface area (Å²) in [4.78, 5) is 0.961. The summed E-state index contributed by atoms with van der Waals surface area (Å²) in [6.07, 6.45) is 0. The number of halogens is 2. The monoisotopic (exact) mass is 408 g/mol. The van der Waals surface area contributed by atoms with Crippen molar-refractivity contribution >= 4 is 44.2 Å². The van der Waals surface area contributed by atoms with Crippen LogP contribution in [-0.2, 0) is 0 Å². The summed E-state index contributed by atoms with van der Waals surface area (Å²) in [7, 11) is 7.02. The van der Waals surface area contributed by atoms with E-state index in [-0.39, 0.29) is 10.4 Å². The number of aromatic hydroxyl groups is 1. The topological polar surface area (TPSA) is 40.5 Å². The fourth-order valence-electron chi connectivity index (χ4n) is 1.62. The van der Waals surface area contributed by atoms with Crippen LogP contribution in [0.1, 0.15) is 5.56 Å². The summed E-state index contributed by atoms with van der Waals surface area (Å²) in [6, 6.07) is 13.3. The molecule has 5 heteroatoms. The maximum absolute atomic E-state index is 9.80. The Balaban J connectivity index is 0.000000550. The zero-order valence-electron chi connectivity index (χ0n) is 10.3. The predicted octanol–water partition coefficient (Wildman–Crippen LogP) is 4.98. The summed E-state index contributed by atoms with van der Waals surface area (Å²) in [5.41, 5.74) is 2.93. The summed E-state index contributed by atoms with van der Waals surface area (Å²) in [5, 5.41) is 17.4. The molecule has 0 saturated heterocycles. The van der Waals surface area contributed by atoms with E-state index in [1.165, 1.54) is 11.0 Å². The van der Waals surface area contributed by atoms with Gasteiger partial charge >= 0.3 is 0 Å². The van der Waals surface area contributed by atoms with Gasteiger partial charge < -0.3 is 10.2 Å². The van der Waals surface area contributed by atoms with Crippen LogP contribution in [0.5, 0.6) is 5.75 Å². The fraction of sp³-hybridized carbons (Fsp3) is 0.143. The second kappa shape index (κ2) is 8.68. The first-order valence-electron chi connectivity index (χ1n) is 5.48. The average Bonchev–Trinajstić information content (AvgIpc) is 2.40. The van der Waals surface area contributed by atoms with Gasteiger partial charge in [0.1, 0.15) is 5.75 Å². The smallest absolute Gasteiger partial charge is 0.123 e. The van der Waals surface area contributed by atoms with Gasteiger partial charge in [-0.2, -0.15) is 0 Å². The molecule has 0 radical (unpaired) electrons. The van der Waals surface area contributed by atoms with Crippen LogP contribution in [0.15, 0.2) is 47.4 Å². The molecular formula is C14H14ClIO2S. The van der Waals surface area contributed by atoms with Crippen molar-refractivity contribution in [1.82, 2.24) is 0 Å². The number of phenols is 1. The Bertz CT molecular complexity index is 535. The lowest BCUT2D eigenvalue weighted by Crippen LogP contribution is -1.83. The van der Waals surface area contributed by atoms with Crippen LogP contribution in [0, 0.1) is 6.92 Å². The van der Waals surface area contributed by atoms with Gasteiger partial charge in [0.25, 0.3) is 0 Å². The molecule has 0 aliphatic carbocycles. The van der Waals surface area contributed by atoms with E-state index in [0.29, 0.717) is 0 Å². The van der Waals surface area contributed by atoms with Crippen LogP contribution in [0.3, 0.4) is 0 Å². The first kappa shape index (κ1) is 16.6. The Kier molecular flexibility index (Phi) is 7.60. The van der Waals surface area contributed by atoms with Crippen LogP contribution in [-0.4, -0.2) is 14.8 Å². The van der Waals surface area contributed by atoms with E-state index in [1.54, 1.807) is 12.1 Å². The molecule has 0 atom stereocenters. The quantitative estimate of drug-likeness (QED) is 0.543. The zero-order chi connectivity index (χ0) is 14.3. The molecule has 102 valence electrons. The Morgan fingerprint density at radius 3 is 2.37 bits per heavy atom. The standard InChI is InChI=1S/C13H11ClOS.CH3IO/c1-9-6-7-11(13(8-9)16-14)10-4-2-3-5-12(10)15;2-1-3/h2-8,15H,1H3;3H,1H2. The normalized spacial score (nSPS) is 9.68. The predicted molar refractivity (Wildman–Crippen MR) is 91.1 cm³/mol. The minimum Gasteiger partial charge on any atom is -0.507 e. The van der Waals surface area contributed by atoms with Crippen molar-refractivity contribution in [3.05, 3.63) is 48.0 Å². The van der Waals surface area contributed by atoms with Gasteiger partial charge in [-0.15, -0.1) is 0 Å². The van der Waals surface area contributed by atoms with Crippen LogP contribution >= 0.6 is 44.2 Å². The molecule has 0 amide bonds. The lowest BCUT2D eigenvalue weighted by molar-refractivity contribution is 0.388. The number of aliphatic hydroxyl groups is 1. The summed E-state index contributed by atoms with van der Waals surface area (Å²) < 4.78 is 0.220. The Morgan fingerprint density at radius 1 is 1.16 bits per heavy atom. The molecule has 0 spiro atoms. The summed E-state index contributed by atoms with van der Waals surface area (Å²) in [5.74, 6) is 0.276. The van der Waals surface area contributed by atoms with E-state index < -0.39 is 0 Å². The van der Waals surface area contributed by atoms with E-state index in [9.17, 15) is 5.11 Å². The fourth-order valence-corrected chi connectivity index (χ4v) is 2.49. The van der Waals surface area contributed by atoms with Gasteiger partial charge in [-0.3, -0.25) is 0 Å². The molecule has 19 heavy (non-hydrogen) atoms. The lowest BCUT2D eigenvalue weighted by Gasteiger charge is -2.09. The molecule has 0 aliphatic rings. The molecule has 2 rings (SSSR count). The highest BCUT2D eigenvalue weighted by Gasteiger charge is 2.08. The van der Waals surface area contributed by atoms with Crippen LogP contribution in [0.4, 0.5) is 0 Å². The van der Waals surface area contributed by atoms with Crippen molar-refractivity contribution < 1.29 is 10.2 Å². The van der Waals surface area contributed by atoms with Gasteiger partial charge in [-0.25, -0.2) is 0 Å². The molecule has 2 aromatic rings. The molecule has 2 N–H and O–H groups in total. The van der Waals surface area contributed by atoms with E-state index in [2.05, 4.69) is 0 Å². The first-order valence-corrected chi connectivity index (χ1v) is 8.65. The number of rotatable bonds is 2. The lowest BCUT2D eigenvalue weighted by atomic mass is 10.0. The number of aliphatic hydroxyl groups excluding tert-OH is 1. The number of hydrogen-bond donors (Lipinski definition) is 2. The summed E-state index contributed by atoms with van der Waals surface area (Å²) >= 11 is 1.84. The third-order valence-electron chi connectivity index (χ3n) is 2.41. The molecule has 0 heterocycles. The highest BCUT2D eigenvalue weighted by molar-refractivity contribution is 14.1. The summed E-state index contributed by atoms with van der Waals surface area (Å²) in [6.45, 7) is 2.02. The van der Waals surface area contributed by atoms with Gasteiger partial charge in [0.2, 0.25) is 0 Å². The number of para-hydroxylation sites is 1. The van der Waals surface area contributed by atoms with Crippen molar-refractivity contribution in [1.29, 1.82) is 0 Å². The van der Waals surface area contributed by atoms with Crippen molar-refractivity contribution in [2.24, 2.45) is 0 Å². The molecule has 0 bridgehead atoms. The van der Waals surface area contributed by atoms with Crippen molar-refractivity contribution in [3.8, 4) is 16.9 Å². The van der Waals surface area contributed by atoms with Gasteiger partial charge in [-0.05, 0) is 46.3 Å². The van der Waals surface area contributed by atoms with Gasteiger partial charge in [-0.1, -0.05) is 52.9 Å². The molecule has 0 unspecified atom stereocenters. The Labute approximate surface area is 135 Å². The Morgan fingerprint density at radius 2 is 1.79 bits per heavy atom.